The molecule has 1 aromatic rings. The fourth-order valence-corrected chi connectivity index (χ4v) is 2.77. The normalized spacial score (nSPS) is 17.5. The topological polar surface area (TPSA) is 62.9 Å². The number of halogens is 1. The minimum Gasteiger partial charge on any atom is -0.495 e. The summed E-state index contributed by atoms with van der Waals surface area (Å²) < 4.78 is 22.2. The van der Waals surface area contributed by atoms with Crippen molar-refractivity contribution in [3.63, 3.8) is 0 Å². The van der Waals surface area contributed by atoms with E-state index in [-0.39, 0.29) is 12.3 Å². The SMILES string of the molecule is COc1ccc(C(N)CC2OCCO2)c(OC)c1Br. The number of benzene rings is 1. The third-order valence-corrected chi connectivity index (χ3v) is 3.80. The first kappa shape index (κ1) is 14.6. The molecule has 1 aliphatic rings. The fourth-order valence-electron chi connectivity index (χ4n) is 2.09. The van der Waals surface area contributed by atoms with Crippen molar-refractivity contribution < 1.29 is 18.9 Å². The third kappa shape index (κ3) is 3.20. The molecule has 0 spiro atoms. The third-order valence-electron chi connectivity index (χ3n) is 3.05. The molecule has 1 atom stereocenters. The van der Waals surface area contributed by atoms with Crippen LogP contribution in [0.25, 0.3) is 0 Å². The molecule has 0 aromatic heterocycles. The highest BCUT2D eigenvalue weighted by Gasteiger charge is 2.24. The summed E-state index contributed by atoms with van der Waals surface area (Å²) in [6.45, 7) is 1.25. The molecule has 1 aromatic carbocycles. The van der Waals surface area contributed by atoms with Gasteiger partial charge in [-0.3, -0.25) is 0 Å². The summed E-state index contributed by atoms with van der Waals surface area (Å²) >= 11 is 3.47. The van der Waals surface area contributed by atoms with Gasteiger partial charge >= 0.3 is 0 Å². The van der Waals surface area contributed by atoms with E-state index in [1.54, 1.807) is 14.2 Å². The second kappa shape index (κ2) is 6.56. The minimum absolute atomic E-state index is 0.222. The maximum absolute atomic E-state index is 6.21. The summed E-state index contributed by atoms with van der Waals surface area (Å²) in [7, 11) is 3.22. The van der Waals surface area contributed by atoms with Crippen molar-refractivity contribution in [1.29, 1.82) is 0 Å². The van der Waals surface area contributed by atoms with Crippen LogP contribution in [0.2, 0.25) is 0 Å². The summed E-state index contributed by atoms with van der Waals surface area (Å²) in [5.41, 5.74) is 7.11. The van der Waals surface area contributed by atoms with Gasteiger partial charge in [-0.25, -0.2) is 0 Å². The van der Waals surface area contributed by atoms with Crippen molar-refractivity contribution in [3.8, 4) is 11.5 Å². The Kier molecular flexibility index (Phi) is 5.04. The van der Waals surface area contributed by atoms with Gasteiger partial charge in [-0.1, -0.05) is 0 Å². The standard InChI is InChI=1S/C13H18BrNO4/c1-16-10-4-3-8(13(17-2)12(10)14)9(15)7-11-18-5-6-19-11/h3-4,9,11H,5-7,15H2,1-2H3. The first-order valence-electron chi connectivity index (χ1n) is 6.06. The zero-order valence-electron chi connectivity index (χ0n) is 11.0. The van der Waals surface area contributed by atoms with Gasteiger partial charge in [0.15, 0.2) is 6.29 Å². The average Bonchev–Trinajstić information content (AvgIpc) is 2.91. The molecule has 0 amide bonds. The molecule has 5 nitrogen and oxygen atoms in total. The molecule has 1 aliphatic heterocycles. The Labute approximate surface area is 121 Å². The number of rotatable bonds is 5. The van der Waals surface area contributed by atoms with Crippen molar-refractivity contribution in [2.24, 2.45) is 5.73 Å². The minimum atomic E-state index is -0.236. The van der Waals surface area contributed by atoms with E-state index < -0.39 is 0 Å². The molecule has 2 N–H and O–H groups in total. The Bertz CT molecular complexity index is 435. The largest absolute Gasteiger partial charge is 0.495 e. The number of methoxy groups -OCH3 is 2. The molecule has 0 radical (unpaired) electrons. The highest BCUT2D eigenvalue weighted by atomic mass is 79.9. The summed E-state index contributed by atoms with van der Waals surface area (Å²) in [5.74, 6) is 1.39. The maximum Gasteiger partial charge on any atom is 0.159 e. The van der Waals surface area contributed by atoms with Gasteiger partial charge in [0.25, 0.3) is 0 Å². The van der Waals surface area contributed by atoms with Gasteiger partial charge < -0.3 is 24.7 Å². The first-order chi connectivity index (χ1) is 9.17. The molecule has 6 heteroatoms. The highest BCUT2D eigenvalue weighted by molar-refractivity contribution is 9.10. The zero-order chi connectivity index (χ0) is 13.8. The lowest BCUT2D eigenvalue weighted by Gasteiger charge is -2.20. The Morgan fingerprint density at radius 2 is 2.00 bits per heavy atom. The van der Waals surface area contributed by atoms with Crippen LogP contribution < -0.4 is 15.2 Å². The van der Waals surface area contributed by atoms with Crippen LogP contribution in [0.4, 0.5) is 0 Å². The lowest BCUT2D eigenvalue weighted by atomic mass is 10.0. The Hall–Kier alpha value is -0.820. The first-order valence-corrected chi connectivity index (χ1v) is 6.85. The van der Waals surface area contributed by atoms with E-state index in [0.29, 0.717) is 31.1 Å². The molecule has 0 saturated carbocycles. The van der Waals surface area contributed by atoms with Crippen LogP contribution in [0.3, 0.4) is 0 Å². The predicted octanol–water partition coefficient (Wildman–Crippen LogP) is 2.23. The molecule has 106 valence electrons. The van der Waals surface area contributed by atoms with Gasteiger partial charge in [0.2, 0.25) is 0 Å². The molecule has 1 fully saturated rings. The van der Waals surface area contributed by atoms with Gasteiger partial charge in [0.05, 0.1) is 27.4 Å². The lowest BCUT2D eigenvalue weighted by molar-refractivity contribution is -0.0508. The van der Waals surface area contributed by atoms with Crippen LogP contribution in [0, 0.1) is 0 Å². The van der Waals surface area contributed by atoms with Crippen LogP contribution in [0.1, 0.15) is 18.0 Å². The molecule has 1 unspecified atom stereocenters. The van der Waals surface area contributed by atoms with E-state index >= 15 is 0 Å². The molecular formula is C13H18BrNO4. The molecular weight excluding hydrogens is 314 g/mol. The van der Waals surface area contributed by atoms with Crippen molar-refractivity contribution in [2.45, 2.75) is 18.8 Å². The second-order valence-electron chi connectivity index (χ2n) is 4.22. The molecule has 0 bridgehead atoms. The van der Waals surface area contributed by atoms with E-state index in [1.165, 1.54) is 0 Å². The molecule has 1 saturated heterocycles. The van der Waals surface area contributed by atoms with Gasteiger partial charge in [0, 0.05) is 18.0 Å². The average molecular weight is 332 g/mol. The lowest BCUT2D eigenvalue weighted by Crippen LogP contribution is -2.20. The maximum atomic E-state index is 6.21. The summed E-state index contributed by atoms with van der Waals surface area (Å²) in [6.07, 6.45) is 0.357. The Balaban J connectivity index is 2.20. The predicted molar refractivity (Wildman–Crippen MR) is 74.5 cm³/mol. The summed E-state index contributed by atoms with van der Waals surface area (Å²) in [5, 5.41) is 0. The van der Waals surface area contributed by atoms with Crippen molar-refractivity contribution in [3.05, 3.63) is 22.2 Å². The fraction of sp³-hybridized carbons (Fsp3) is 0.538. The van der Waals surface area contributed by atoms with Crippen LogP contribution in [0.15, 0.2) is 16.6 Å². The number of hydrogen-bond donors (Lipinski definition) is 1. The van der Waals surface area contributed by atoms with E-state index in [4.69, 9.17) is 24.7 Å². The highest BCUT2D eigenvalue weighted by Crippen LogP contribution is 2.40. The molecule has 0 aliphatic carbocycles. The Morgan fingerprint density at radius 1 is 1.32 bits per heavy atom. The quantitative estimate of drug-likeness (QED) is 0.896. The van der Waals surface area contributed by atoms with Gasteiger partial charge in [0.1, 0.15) is 16.0 Å². The van der Waals surface area contributed by atoms with Crippen molar-refractivity contribution in [2.75, 3.05) is 27.4 Å². The summed E-state index contributed by atoms with van der Waals surface area (Å²) in [6, 6.07) is 3.54. The summed E-state index contributed by atoms with van der Waals surface area (Å²) in [4.78, 5) is 0. The van der Waals surface area contributed by atoms with Crippen LogP contribution in [-0.4, -0.2) is 33.7 Å². The smallest absolute Gasteiger partial charge is 0.159 e. The second-order valence-corrected chi connectivity index (χ2v) is 5.01. The number of ether oxygens (including phenoxy) is 4. The zero-order valence-corrected chi connectivity index (χ0v) is 12.6. The van der Waals surface area contributed by atoms with Crippen LogP contribution in [-0.2, 0) is 9.47 Å². The van der Waals surface area contributed by atoms with E-state index in [2.05, 4.69) is 15.9 Å². The van der Waals surface area contributed by atoms with Crippen molar-refractivity contribution >= 4 is 15.9 Å². The number of nitrogens with two attached hydrogens (primary N) is 1. The van der Waals surface area contributed by atoms with Crippen LogP contribution >= 0.6 is 15.9 Å². The molecule has 1 heterocycles. The molecule has 19 heavy (non-hydrogen) atoms. The monoisotopic (exact) mass is 331 g/mol. The van der Waals surface area contributed by atoms with Gasteiger partial charge in [-0.05, 0) is 28.1 Å². The van der Waals surface area contributed by atoms with Gasteiger partial charge in [-0.2, -0.15) is 0 Å². The van der Waals surface area contributed by atoms with E-state index in [1.807, 2.05) is 12.1 Å². The number of hydrogen-bond acceptors (Lipinski definition) is 5. The Morgan fingerprint density at radius 3 is 2.58 bits per heavy atom. The van der Waals surface area contributed by atoms with Gasteiger partial charge in [-0.15, -0.1) is 0 Å². The van der Waals surface area contributed by atoms with E-state index in [9.17, 15) is 0 Å². The van der Waals surface area contributed by atoms with E-state index in [0.717, 1.165) is 10.0 Å². The molecule has 2 rings (SSSR count). The van der Waals surface area contributed by atoms with Crippen LogP contribution in [0.5, 0.6) is 11.5 Å². The van der Waals surface area contributed by atoms with Crippen molar-refractivity contribution in [1.82, 2.24) is 0 Å².